The zero-order valence-electron chi connectivity index (χ0n) is 4.48. The van der Waals surface area contributed by atoms with Crippen molar-refractivity contribution in [1.82, 2.24) is 0 Å². The van der Waals surface area contributed by atoms with Crippen molar-refractivity contribution in [3.8, 4) is 0 Å². The Kier molecular flexibility index (Phi) is 15.9. The summed E-state index contributed by atoms with van der Waals surface area (Å²) in [5.41, 5.74) is 0. The normalized spacial score (nSPS) is 6.80. The minimum absolute atomic E-state index is 0. The van der Waals surface area contributed by atoms with Crippen molar-refractivity contribution in [2.45, 2.75) is 12.8 Å². The molecule has 0 aromatic rings. The fraction of sp³-hybridized carbons (Fsp3) is 0.500. The Labute approximate surface area is 90.8 Å². The Bertz CT molecular complexity index is 102. The Morgan fingerprint density at radius 1 is 1.00 bits per heavy atom. The van der Waals surface area contributed by atoms with Crippen molar-refractivity contribution in [3.05, 3.63) is 0 Å². The molecule has 0 fully saturated rings. The van der Waals surface area contributed by atoms with Gasteiger partial charge in [0.1, 0.15) is 0 Å². The molecule has 0 saturated carbocycles. The van der Waals surface area contributed by atoms with E-state index < -0.39 is 11.9 Å². The van der Waals surface area contributed by atoms with E-state index in [1.165, 1.54) is 0 Å². The minimum atomic E-state index is -1.08. The van der Waals surface area contributed by atoms with Crippen molar-refractivity contribution in [2.75, 3.05) is 0 Å². The van der Waals surface area contributed by atoms with Gasteiger partial charge in [-0.25, -0.2) is 0 Å². The summed E-state index contributed by atoms with van der Waals surface area (Å²) in [7, 11) is 0. The van der Waals surface area contributed by atoms with Gasteiger partial charge < -0.3 is 10.2 Å². The van der Waals surface area contributed by atoms with E-state index in [4.69, 9.17) is 10.2 Å². The summed E-state index contributed by atoms with van der Waals surface area (Å²) in [5.74, 6) is -2.15. The van der Waals surface area contributed by atoms with Gasteiger partial charge in [0.25, 0.3) is 0 Å². The van der Waals surface area contributed by atoms with E-state index >= 15 is 0 Å². The molecule has 6 heteroatoms. The second-order valence-corrected chi connectivity index (χ2v) is 1.29. The van der Waals surface area contributed by atoms with Gasteiger partial charge in [-0.2, -0.15) is 0 Å². The van der Waals surface area contributed by atoms with Gasteiger partial charge in [-0.05, 0) is 0 Å². The fourth-order valence-corrected chi connectivity index (χ4v) is 0.214. The Hall–Kier alpha value is 0.459. The monoisotopic (exact) mass is 198 g/mol. The van der Waals surface area contributed by atoms with Crippen molar-refractivity contribution in [2.24, 2.45) is 0 Å². The second kappa shape index (κ2) is 9.46. The molecule has 0 aliphatic heterocycles. The Morgan fingerprint density at radius 2 is 1.20 bits per heavy atom. The summed E-state index contributed by atoms with van der Waals surface area (Å²) in [4.78, 5) is 19.3. The SMILES string of the molecule is O=C(O)CCC(=O)O.[Fe].[NaH]. The zero-order valence-corrected chi connectivity index (χ0v) is 5.58. The molecule has 0 aromatic carbocycles. The van der Waals surface area contributed by atoms with Gasteiger partial charge >= 0.3 is 41.5 Å². The number of carboxylic acid groups (broad SMARTS) is 2. The van der Waals surface area contributed by atoms with E-state index in [-0.39, 0.29) is 59.5 Å². The maximum absolute atomic E-state index is 9.64. The molecule has 2 N–H and O–H groups in total. The molecule has 4 nitrogen and oxygen atoms in total. The van der Waals surface area contributed by atoms with Gasteiger partial charge in [-0.15, -0.1) is 0 Å². The third-order valence-corrected chi connectivity index (χ3v) is 0.553. The van der Waals surface area contributed by atoms with Crippen LogP contribution < -0.4 is 0 Å². The number of carbonyl (C=O) groups is 2. The van der Waals surface area contributed by atoms with Gasteiger partial charge in [0.05, 0.1) is 12.8 Å². The first kappa shape index (κ1) is 16.8. The molecule has 0 aliphatic rings. The van der Waals surface area contributed by atoms with Crippen LogP contribution in [0.4, 0.5) is 0 Å². The molecule has 0 spiro atoms. The van der Waals surface area contributed by atoms with Crippen LogP contribution in [-0.4, -0.2) is 51.7 Å². The van der Waals surface area contributed by atoms with Crippen molar-refractivity contribution in [1.29, 1.82) is 0 Å². The molecule has 0 unspecified atom stereocenters. The summed E-state index contributed by atoms with van der Waals surface area (Å²) in [6.07, 6.45) is -0.593. The van der Waals surface area contributed by atoms with Crippen LogP contribution in [0.3, 0.4) is 0 Å². The van der Waals surface area contributed by atoms with E-state index in [1.807, 2.05) is 0 Å². The first-order valence-electron chi connectivity index (χ1n) is 2.06. The molecule has 0 radical (unpaired) electrons. The van der Waals surface area contributed by atoms with E-state index in [0.29, 0.717) is 0 Å². The summed E-state index contributed by atoms with van der Waals surface area (Å²) < 4.78 is 0. The Morgan fingerprint density at radius 3 is 1.30 bits per heavy atom. The van der Waals surface area contributed by atoms with Gasteiger partial charge in [0.15, 0.2) is 0 Å². The van der Waals surface area contributed by atoms with E-state index in [1.54, 1.807) is 0 Å². The third kappa shape index (κ3) is 15.8. The predicted molar refractivity (Wildman–Crippen MR) is 31.7 cm³/mol. The molecule has 10 heavy (non-hydrogen) atoms. The van der Waals surface area contributed by atoms with E-state index in [0.717, 1.165) is 0 Å². The van der Waals surface area contributed by atoms with E-state index in [2.05, 4.69) is 0 Å². The van der Waals surface area contributed by atoms with Crippen LogP contribution in [0.15, 0.2) is 0 Å². The second-order valence-electron chi connectivity index (χ2n) is 1.29. The number of carboxylic acids is 2. The first-order chi connectivity index (χ1) is 3.63. The quantitative estimate of drug-likeness (QED) is 0.587. The zero-order chi connectivity index (χ0) is 6.57. The predicted octanol–water partition coefficient (Wildman–Crippen LogP) is -0.715. The van der Waals surface area contributed by atoms with Crippen LogP contribution in [0.25, 0.3) is 0 Å². The standard InChI is InChI=1S/C4H6O4.Fe.Na.H/c5-3(6)1-2-4(7)8;;;/h1-2H2,(H,5,6)(H,7,8);;;. The molecule has 0 rings (SSSR count). The van der Waals surface area contributed by atoms with Crippen LogP contribution in [-0.2, 0) is 26.7 Å². The molecule has 0 heterocycles. The van der Waals surface area contributed by atoms with Gasteiger partial charge in [0.2, 0.25) is 0 Å². The van der Waals surface area contributed by atoms with Crippen molar-refractivity contribution >= 4 is 41.5 Å². The van der Waals surface area contributed by atoms with Gasteiger partial charge in [-0.3, -0.25) is 9.59 Å². The Balaban J connectivity index is -0.000000245. The summed E-state index contributed by atoms with van der Waals surface area (Å²) in [6.45, 7) is 0. The molecule has 0 saturated heterocycles. The van der Waals surface area contributed by atoms with Crippen LogP contribution in [0.5, 0.6) is 0 Å². The summed E-state index contributed by atoms with van der Waals surface area (Å²) in [5, 5.41) is 15.8. The number of rotatable bonds is 3. The van der Waals surface area contributed by atoms with E-state index in [9.17, 15) is 9.59 Å². The number of hydrogen-bond acceptors (Lipinski definition) is 2. The molecule has 0 aromatic heterocycles. The number of hydrogen-bond donors (Lipinski definition) is 2. The molecule has 0 amide bonds. The molecule has 0 atom stereocenters. The van der Waals surface area contributed by atoms with Crippen molar-refractivity contribution in [3.63, 3.8) is 0 Å². The maximum atomic E-state index is 9.64. The average molecular weight is 198 g/mol. The van der Waals surface area contributed by atoms with Crippen LogP contribution in [0.2, 0.25) is 0 Å². The molecular formula is C4H7FeNaO4. The van der Waals surface area contributed by atoms with Crippen LogP contribution in [0, 0.1) is 0 Å². The van der Waals surface area contributed by atoms with Crippen LogP contribution >= 0.6 is 0 Å². The molecular weight excluding hydrogens is 191 g/mol. The topological polar surface area (TPSA) is 74.6 Å². The molecule has 0 bridgehead atoms. The summed E-state index contributed by atoms with van der Waals surface area (Å²) in [6, 6.07) is 0. The first-order valence-corrected chi connectivity index (χ1v) is 2.06. The molecule has 0 aliphatic carbocycles. The van der Waals surface area contributed by atoms with Gasteiger partial charge in [0, 0.05) is 17.1 Å². The summed E-state index contributed by atoms with van der Waals surface area (Å²) >= 11 is 0. The number of aliphatic carboxylic acids is 2. The van der Waals surface area contributed by atoms with Gasteiger partial charge in [-0.1, -0.05) is 0 Å². The third-order valence-electron chi connectivity index (χ3n) is 0.553. The molecule has 56 valence electrons. The average Bonchev–Trinajstić information content (AvgIpc) is 1.61. The fourth-order valence-electron chi connectivity index (χ4n) is 0.214. The van der Waals surface area contributed by atoms with Crippen LogP contribution in [0.1, 0.15) is 12.8 Å². The van der Waals surface area contributed by atoms with Crippen molar-refractivity contribution < 1.29 is 36.9 Å².